The first-order chi connectivity index (χ1) is 9.45. The lowest BCUT2D eigenvalue weighted by Gasteiger charge is -2.08. The van der Waals surface area contributed by atoms with Crippen LogP contribution in [0.3, 0.4) is 0 Å². The molecule has 1 aromatic heterocycles. The van der Waals surface area contributed by atoms with E-state index in [9.17, 15) is 4.79 Å². The molecule has 108 valence electrons. The molecule has 0 aliphatic rings. The summed E-state index contributed by atoms with van der Waals surface area (Å²) in [5.41, 5.74) is 1.80. The first kappa shape index (κ1) is 15.5. The molecule has 2 rings (SSSR count). The topological polar surface area (TPSA) is 54.1 Å². The molecule has 1 heterocycles. The summed E-state index contributed by atoms with van der Waals surface area (Å²) in [5.74, 6) is 0.390. The number of aromatic amines is 1. The van der Waals surface area contributed by atoms with Crippen molar-refractivity contribution in [1.82, 2.24) is 10.3 Å². The maximum absolute atomic E-state index is 10.9. The summed E-state index contributed by atoms with van der Waals surface area (Å²) in [7, 11) is 1.53. The number of hydrogen-bond donors (Lipinski definition) is 2. The van der Waals surface area contributed by atoms with Crippen LogP contribution in [0.4, 0.5) is 0 Å². The lowest BCUT2D eigenvalue weighted by molar-refractivity contribution is -0.118. The van der Waals surface area contributed by atoms with Gasteiger partial charge < -0.3 is 15.0 Å². The number of carbonyl (C=O) groups excluding carboxylic acids is 1. The van der Waals surface area contributed by atoms with Crippen LogP contribution in [0.2, 0.25) is 10.0 Å². The van der Waals surface area contributed by atoms with Crippen LogP contribution < -0.4 is 10.1 Å². The SMILES string of the molecule is COc1c(Cl)cc2[nH]c(Br)c(CCNC(C)=O)c2c1Cl. The fourth-order valence-electron chi connectivity index (χ4n) is 2.08. The summed E-state index contributed by atoms with van der Waals surface area (Å²) < 4.78 is 6.05. The second-order valence-electron chi connectivity index (χ2n) is 4.28. The van der Waals surface area contributed by atoms with Gasteiger partial charge >= 0.3 is 0 Å². The highest BCUT2D eigenvalue weighted by atomic mass is 79.9. The van der Waals surface area contributed by atoms with Gasteiger partial charge in [-0.3, -0.25) is 4.79 Å². The van der Waals surface area contributed by atoms with Crippen molar-refractivity contribution in [2.75, 3.05) is 13.7 Å². The Morgan fingerprint density at radius 2 is 2.20 bits per heavy atom. The quantitative estimate of drug-likeness (QED) is 0.845. The van der Waals surface area contributed by atoms with E-state index in [0.717, 1.165) is 21.1 Å². The number of H-pyrrole nitrogens is 1. The molecule has 0 bridgehead atoms. The number of hydrogen-bond acceptors (Lipinski definition) is 2. The maximum Gasteiger partial charge on any atom is 0.216 e. The van der Waals surface area contributed by atoms with Crippen LogP contribution in [0, 0.1) is 0 Å². The van der Waals surface area contributed by atoms with Gasteiger partial charge in [0.2, 0.25) is 5.91 Å². The number of carbonyl (C=O) groups is 1. The third-order valence-electron chi connectivity index (χ3n) is 2.94. The van der Waals surface area contributed by atoms with Crippen LogP contribution in [0.1, 0.15) is 12.5 Å². The largest absolute Gasteiger partial charge is 0.494 e. The molecule has 0 saturated carbocycles. The van der Waals surface area contributed by atoms with Gasteiger partial charge in [-0.15, -0.1) is 0 Å². The van der Waals surface area contributed by atoms with Crippen molar-refractivity contribution in [1.29, 1.82) is 0 Å². The minimum absolute atomic E-state index is 0.0623. The van der Waals surface area contributed by atoms with Crippen molar-refractivity contribution >= 4 is 55.9 Å². The predicted octanol–water partition coefficient (Wildman–Crippen LogP) is 3.92. The molecular formula is C13H13BrCl2N2O2. The Balaban J connectivity index is 2.48. The fraction of sp³-hybridized carbons (Fsp3) is 0.308. The highest BCUT2D eigenvalue weighted by molar-refractivity contribution is 9.10. The zero-order chi connectivity index (χ0) is 14.9. The normalized spacial score (nSPS) is 10.8. The number of fused-ring (bicyclic) bond motifs is 1. The van der Waals surface area contributed by atoms with Gasteiger partial charge in [0.05, 0.1) is 21.8 Å². The Morgan fingerprint density at radius 1 is 1.50 bits per heavy atom. The van der Waals surface area contributed by atoms with E-state index in [1.165, 1.54) is 14.0 Å². The van der Waals surface area contributed by atoms with E-state index in [1.807, 2.05) is 0 Å². The zero-order valence-electron chi connectivity index (χ0n) is 10.9. The first-order valence-corrected chi connectivity index (χ1v) is 7.47. The van der Waals surface area contributed by atoms with Crippen LogP contribution >= 0.6 is 39.1 Å². The van der Waals surface area contributed by atoms with Gasteiger partial charge in [0.15, 0.2) is 5.75 Å². The van der Waals surface area contributed by atoms with Gasteiger partial charge in [-0.25, -0.2) is 0 Å². The van der Waals surface area contributed by atoms with Crippen molar-refractivity contribution in [2.24, 2.45) is 0 Å². The van der Waals surface area contributed by atoms with E-state index in [1.54, 1.807) is 6.07 Å². The van der Waals surface area contributed by atoms with Crippen LogP contribution in [-0.2, 0) is 11.2 Å². The monoisotopic (exact) mass is 378 g/mol. The van der Waals surface area contributed by atoms with Gasteiger partial charge in [-0.1, -0.05) is 23.2 Å². The summed E-state index contributed by atoms with van der Waals surface area (Å²) in [6.07, 6.45) is 0.644. The lowest BCUT2D eigenvalue weighted by atomic mass is 10.1. The van der Waals surface area contributed by atoms with Gasteiger partial charge in [0.25, 0.3) is 0 Å². The zero-order valence-corrected chi connectivity index (χ0v) is 14.0. The van der Waals surface area contributed by atoms with Gasteiger partial charge in [-0.2, -0.15) is 0 Å². The Morgan fingerprint density at radius 3 is 2.80 bits per heavy atom. The van der Waals surface area contributed by atoms with Crippen molar-refractivity contribution in [3.8, 4) is 5.75 Å². The van der Waals surface area contributed by atoms with E-state index in [4.69, 9.17) is 27.9 Å². The number of amides is 1. The molecule has 1 aromatic carbocycles. The molecule has 20 heavy (non-hydrogen) atoms. The molecule has 7 heteroatoms. The molecular weight excluding hydrogens is 367 g/mol. The second kappa shape index (κ2) is 6.24. The predicted molar refractivity (Wildman–Crippen MR) is 85.0 cm³/mol. The number of ether oxygens (including phenoxy) is 1. The molecule has 0 atom stereocenters. The van der Waals surface area contributed by atoms with Crippen molar-refractivity contribution in [3.63, 3.8) is 0 Å². The summed E-state index contributed by atoms with van der Waals surface area (Å²) in [6, 6.07) is 1.77. The molecule has 0 fully saturated rings. The summed E-state index contributed by atoms with van der Waals surface area (Å²) in [4.78, 5) is 14.1. The molecule has 0 unspecified atom stereocenters. The van der Waals surface area contributed by atoms with Crippen molar-refractivity contribution < 1.29 is 9.53 Å². The average molecular weight is 380 g/mol. The van der Waals surface area contributed by atoms with E-state index in [-0.39, 0.29) is 5.91 Å². The second-order valence-corrected chi connectivity index (χ2v) is 5.86. The average Bonchev–Trinajstić information content (AvgIpc) is 2.66. The third kappa shape index (κ3) is 2.90. The van der Waals surface area contributed by atoms with E-state index >= 15 is 0 Å². The standard InChI is InChI=1S/C13H13BrCl2N2O2/c1-6(19)17-4-3-7-10-9(18-13(7)14)5-8(15)12(20-2)11(10)16/h5,18H,3-4H2,1-2H3,(H,17,19). The van der Waals surface area contributed by atoms with Crippen molar-refractivity contribution in [2.45, 2.75) is 13.3 Å². The van der Waals surface area contributed by atoms with Crippen LogP contribution in [0.25, 0.3) is 10.9 Å². The van der Waals surface area contributed by atoms with Crippen LogP contribution in [0.5, 0.6) is 5.75 Å². The molecule has 2 N–H and O–H groups in total. The number of methoxy groups -OCH3 is 1. The van der Waals surface area contributed by atoms with E-state index in [2.05, 4.69) is 26.2 Å². The fourth-order valence-corrected chi connectivity index (χ4v) is 3.42. The van der Waals surface area contributed by atoms with E-state index in [0.29, 0.717) is 28.8 Å². The van der Waals surface area contributed by atoms with Crippen LogP contribution in [-0.4, -0.2) is 24.5 Å². The highest BCUT2D eigenvalue weighted by Crippen LogP contribution is 2.42. The van der Waals surface area contributed by atoms with Crippen LogP contribution in [0.15, 0.2) is 10.7 Å². The highest BCUT2D eigenvalue weighted by Gasteiger charge is 2.18. The number of rotatable bonds is 4. The Kier molecular flexibility index (Phi) is 4.83. The summed E-state index contributed by atoms with van der Waals surface area (Å²) in [5, 5.41) is 4.53. The molecule has 0 aliphatic carbocycles. The van der Waals surface area contributed by atoms with E-state index < -0.39 is 0 Å². The molecule has 0 radical (unpaired) electrons. The number of halogens is 3. The molecule has 1 amide bonds. The minimum Gasteiger partial charge on any atom is -0.494 e. The molecule has 0 saturated heterocycles. The number of aromatic nitrogens is 1. The Labute approximate surface area is 134 Å². The lowest BCUT2D eigenvalue weighted by Crippen LogP contribution is -2.22. The number of benzene rings is 1. The Bertz CT molecular complexity index is 670. The smallest absolute Gasteiger partial charge is 0.216 e. The number of nitrogens with one attached hydrogen (secondary N) is 2. The van der Waals surface area contributed by atoms with Gasteiger partial charge in [0.1, 0.15) is 0 Å². The first-order valence-electron chi connectivity index (χ1n) is 5.92. The molecule has 2 aromatic rings. The summed E-state index contributed by atoms with van der Waals surface area (Å²) in [6.45, 7) is 2.02. The molecule has 0 aliphatic heterocycles. The Hall–Kier alpha value is -0.910. The maximum atomic E-state index is 10.9. The molecule has 4 nitrogen and oxygen atoms in total. The molecule has 0 spiro atoms. The van der Waals surface area contributed by atoms with Crippen molar-refractivity contribution in [3.05, 3.63) is 26.3 Å². The summed E-state index contributed by atoms with van der Waals surface area (Å²) >= 11 is 16.0. The van der Waals surface area contributed by atoms with Gasteiger partial charge in [-0.05, 0) is 34.0 Å². The van der Waals surface area contributed by atoms with Gasteiger partial charge in [0, 0.05) is 24.4 Å². The third-order valence-corrected chi connectivity index (χ3v) is 4.26. The minimum atomic E-state index is -0.0623.